The van der Waals surface area contributed by atoms with Crippen LogP contribution in [0.1, 0.15) is 10.4 Å². The first kappa shape index (κ1) is 15.7. The van der Waals surface area contributed by atoms with Gasteiger partial charge in [-0.1, -0.05) is 37.9 Å². The summed E-state index contributed by atoms with van der Waals surface area (Å²) in [4.78, 5) is -2.18. The molecule has 1 unspecified atom stereocenters. The van der Waals surface area contributed by atoms with Crippen molar-refractivity contribution >= 4 is 31.9 Å². The van der Waals surface area contributed by atoms with Crippen molar-refractivity contribution in [1.82, 2.24) is 0 Å². The van der Waals surface area contributed by atoms with Crippen molar-refractivity contribution in [3.8, 4) is 5.75 Å². The smallest absolute Gasteiger partial charge is 0.454 e. The fourth-order valence-electron chi connectivity index (χ4n) is 1.18. The predicted molar refractivity (Wildman–Crippen MR) is 63.4 cm³/mol. The molecule has 102 valence electrons. The van der Waals surface area contributed by atoms with Gasteiger partial charge in [-0.25, -0.2) is 0 Å². The van der Waals surface area contributed by atoms with Crippen molar-refractivity contribution in [2.75, 3.05) is 7.11 Å². The first-order chi connectivity index (χ1) is 8.11. The van der Waals surface area contributed by atoms with Crippen molar-refractivity contribution in [3.63, 3.8) is 0 Å². The number of alkyl halides is 6. The molecule has 0 fully saturated rings. The van der Waals surface area contributed by atoms with E-state index in [4.69, 9.17) is 4.74 Å². The van der Waals surface area contributed by atoms with Crippen LogP contribution in [0.25, 0.3) is 0 Å². The van der Waals surface area contributed by atoms with Gasteiger partial charge in [0.1, 0.15) is 10.6 Å². The van der Waals surface area contributed by atoms with E-state index in [1.54, 1.807) is 0 Å². The maximum atomic E-state index is 13.1. The predicted octanol–water partition coefficient (Wildman–Crippen LogP) is 5.09. The zero-order chi connectivity index (χ0) is 14.1. The second kappa shape index (κ2) is 5.32. The fraction of sp³-hybridized carbons (Fsp3) is 0.400. The van der Waals surface area contributed by atoms with Crippen LogP contribution in [0.15, 0.2) is 22.7 Å². The molecule has 0 amide bonds. The summed E-state index contributed by atoms with van der Waals surface area (Å²) in [7, 11) is 1.36. The highest BCUT2D eigenvalue weighted by molar-refractivity contribution is 9.11. The quantitative estimate of drug-likeness (QED) is 0.509. The van der Waals surface area contributed by atoms with E-state index < -0.39 is 16.9 Å². The molecule has 0 saturated carbocycles. The van der Waals surface area contributed by atoms with Crippen LogP contribution in [0, 0.1) is 0 Å². The minimum Gasteiger partial charge on any atom is -0.497 e. The van der Waals surface area contributed by atoms with Crippen molar-refractivity contribution in [1.29, 1.82) is 0 Å². The summed E-state index contributed by atoms with van der Waals surface area (Å²) < 4.78 is 67.9. The SMILES string of the molecule is COc1ccc(C(Br)C(F)(F)C(F)(F)F)c(Br)c1. The molecule has 0 radical (unpaired) electrons. The van der Waals surface area contributed by atoms with Crippen LogP contribution < -0.4 is 4.74 Å². The van der Waals surface area contributed by atoms with Crippen molar-refractivity contribution in [3.05, 3.63) is 28.2 Å². The number of halogens is 7. The van der Waals surface area contributed by atoms with Crippen LogP contribution in [-0.2, 0) is 0 Å². The molecule has 0 aliphatic carbocycles. The summed E-state index contributed by atoms with van der Waals surface area (Å²) in [5, 5.41) is 0. The number of hydrogen-bond donors (Lipinski definition) is 0. The van der Waals surface area contributed by atoms with Crippen LogP contribution in [0.4, 0.5) is 22.0 Å². The van der Waals surface area contributed by atoms with Crippen LogP contribution in [0.3, 0.4) is 0 Å². The molecule has 0 aliphatic heterocycles. The maximum Gasteiger partial charge on any atom is 0.454 e. The van der Waals surface area contributed by atoms with Crippen molar-refractivity contribution in [2.24, 2.45) is 0 Å². The van der Waals surface area contributed by atoms with Crippen LogP contribution >= 0.6 is 31.9 Å². The molecule has 0 saturated heterocycles. The average molecular weight is 398 g/mol. The molecular formula is C10H7Br2F5O. The van der Waals surface area contributed by atoms with Gasteiger partial charge in [-0.3, -0.25) is 0 Å². The van der Waals surface area contributed by atoms with Crippen molar-refractivity contribution < 1.29 is 26.7 Å². The Morgan fingerprint density at radius 1 is 1.17 bits per heavy atom. The Bertz CT molecular complexity index is 433. The van der Waals surface area contributed by atoms with Crippen LogP contribution in [0.2, 0.25) is 0 Å². The number of ether oxygens (including phenoxy) is 1. The van der Waals surface area contributed by atoms with Gasteiger partial charge in [0.25, 0.3) is 0 Å². The van der Waals surface area contributed by atoms with E-state index in [2.05, 4.69) is 31.9 Å². The standard InChI is InChI=1S/C10H7Br2F5O/c1-18-5-2-3-6(7(11)4-5)8(12)9(13,14)10(15,16)17/h2-4,8H,1H3. The zero-order valence-electron chi connectivity index (χ0n) is 8.86. The van der Waals surface area contributed by atoms with Gasteiger partial charge in [-0.15, -0.1) is 0 Å². The largest absolute Gasteiger partial charge is 0.497 e. The lowest BCUT2D eigenvalue weighted by Crippen LogP contribution is -2.40. The molecule has 18 heavy (non-hydrogen) atoms. The second-order valence-corrected chi connectivity index (χ2v) is 5.14. The van der Waals surface area contributed by atoms with Crippen molar-refractivity contribution in [2.45, 2.75) is 16.9 Å². The summed E-state index contributed by atoms with van der Waals surface area (Å²) in [5.74, 6) is -4.52. The van der Waals surface area contributed by atoms with E-state index in [1.807, 2.05) is 0 Å². The highest BCUT2D eigenvalue weighted by atomic mass is 79.9. The second-order valence-electron chi connectivity index (χ2n) is 3.37. The summed E-state index contributed by atoms with van der Waals surface area (Å²) in [6.07, 6.45) is -5.62. The van der Waals surface area contributed by atoms with E-state index in [-0.39, 0.29) is 10.0 Å². The zero-order valence-corrected chi connectivity index (χ0v) is 12.0. The van der Waals surface area contributed by atoms with E-state index in [0.29, 0.717) is 5.75 Å². The maximum absolute atomic E-state index is 13.1. The third-order valence-electron chi connectivity index (χ3n) is 2.18. The Morgan fingerprint density at radius 2 is 1.72 bits per heavy atom. The number of methoxy groups -OCH3 is 1. The Morgan fingerprint density at radius 3 is 2.11 bits per heavy atom. The van der Waals surface area contributed by atoms with Crippen LogP contribution in [0.5, 0.6) is 5.75 Å². The molecular weight excluding hydrogens is 391 g/mol. The minimum absolute atomic E-state index is 0.104. The van der Waals surface area contributed by atoms with Gasteiger partial charge in [0.15, 0.2) is 0 Å². The van der Waals surface area contributed by atoms with Gasteiger partial charge in [0.2, 0.25) is 0 Å². The third kappa shape index (κ3) is 2.96. The molecule has 1 nitrogen and oxygen atoms in total. The Hall–Kier alpha value is -0.370. The average Bonchev–Trinajstić information content (AvgIpc) is 2.26. The lowest BCUT2D eigenvalue weighted by Gasteiger charge is -2.25. The minimum atomic E-state index is -5.62. The Labute approximate surface area is 117 Å². The van der Waals surface area contributed by atoms with Gasteiger partial charge in [-0.2, -0.15) is 22.0 Å². The molecule has 1 rings (SSSR count). The van der Waals surface area contributed by atoms with E-state index >= 15 is 0 Å². The summed E-state index contributed by atoms with van der Waals surface area (Å²) in [5.41, 5.74) is -0.210. The molecule has 0 aromatic heterocycles. The van der Waals surface area contributed by atoms with Gasteiger partial charge in [0.05, 0.1) is 7.11 Å². The number of hydrogen-bond acceptors (Lipinski definition) is 1. The molecule has 0 heterocycles. The van der Waals surface area contributed by atoms with Crippen LogP contribution in [-0.4, -0.2) is 19.2 Å². The monoisotopic (exact) mass is 396 g/mol. The van der Waals surface area contributed by atoms with Gasteiger partial charge in [0, 0.05) is 4.47 Å². The molecule has 1 atom stereocenters. The first-order valence-electron chi connectivity index (χ1n) is 4.53. The first-order valence-corrected chi connectivity index (χ1v) is 6.24. The lowest BCUT2D eigenvalue weighted by atomic mass is 10.1. The number of rotatable bonds is 3. The van der Waals surface area contributed by atoms with E-state index in [1.165, 1.54) is 19.2 Å². The topological polar surface area (TPSA) is 9.23 Å². The molecule has 0 spiro atoms. The van der Waals surface area contributed by atoms with E-state index in [9.17, 15) is 22.0 Å². The molecule has 1 aromatic carbocycles. The normalized spacial score (nSPS) is 14.4. The molecule has 1 aromatic rings. The van der Waals surface area contributed by atoms with Gasteiger partial charge < -0.3 is 4.74 Å². The number of benzene rings is 1. The summed E-state index contributed by atoms with van der Waals surface area (Å²) in [6, 6.07) is 3.76. The lowest BCUT2D eigenvalue weighted by molar-refractivity contribution is -0.281. The molecule has 0 aliphatic rings. The van der Waals surface area contributed by atoms with E-state index in [0.717, 1.165) is 6.07 Å². The fourth-order valence-corrected chi connectivity index (χ4v) is 2.73. The Balaban J connectivity index is 3.15. The summed E-state index contributed by atoms with van der Waals surface area (Å²) in [6.45, 7) is 0. The molecule has 0 bridgehead atoms. The third-order valence-corrected chi connectivity index (χ3v) is 3.93. The molecule has 8 heteroatoms. The highest BCUT2D eigenvalue weighted by Gasteiger charge is 2.62. The highest BCUT2D eigenvalue weighted by Crippen LogP contribution is 2.50. The molecule has 0 N–H and O–H groups in total. The van der Waals surface area contributed by atoms with Gasteiger partial charge >= 0.3 is 12.1 Å². The van der Waals surface area contributed by atoms with Gasteiger partial charge in [-0.05, 0) is 17.7 Å². The Kier molecular flexibility index (Phi) is 4.64. The summed E-state index contributed by atoms with van der Waals surface area (Å²) >= 11 is 5.34.